The Hall–Kier alpha value is -0.980. The van der Waals surface area contributed by atoms with Gasteiger partial charge in [-0.05, 0) is 48.8 Å². The molecule has 1 aliphatic rings. The van der Waals surface area contributed by atoms with Crippen LogP contribution in [-0.4, -0.2) is 28.0 Å². The summed E-state index contributed by atoms with van der Waals surface area (Å²) in [7, 11) is 0. The van der Waals surface area contributed by atoms with Crippen molar-refractivity contribution in [2.24, 2.45) is 5.92 Å². The molecule has 0 aliphatic heterocycles. The van der Waals surface area contributed by atoms with E-state index in [1.165, 1.54) is 12.8 Å². The molecule has 3 rings (SSSR count). The zero-order valence-corrected chi connectivity index (χ0v) is 12.3. The van der Waals surface area contributed by atoms with Crippen LogP contribution in [0.4, 0.5) is 0 Å². The van der Waals surface area contributed by atoms with Gasteiger partial charge in [0.15, 0.2) is 10.6 Å². The van der Waals surface area contributed by atoms with E-state index in [9.17, 15) is 0 Å². The van der Waals surface area contributed by atoms with Crippen LogP contribution in [0.3, 0.4) is 0 Å². The highest BCUT2D eigenvalue weighted by Crippen LogP contribution is 2.28. The highest BCUT2D eigenvalue weighted by molar-refractivity contribution is 7.71. The molecule has 1 saturated carbocycles. The number of aromatic amines is 1. The molecular weight excluding hydrogens is 278 g/mol. The maximum atomic E-state index is 5.65. The standard InChI is InChI=1S/C13H17N3OS2/c18-13-15-14-12(11-3-1-8-19-11)16(13)6-2-7-17-9-10-4-5-10/h1,3,8,10H,2,4-7,9H2,(H,15,18). The number of ether oxygens (including phenoxy) is 1. The summed E-state index contributed by atoms with van der Waals surface area (Å²) in [5.41, 5.74) is 0. The molecule has 0 aromatic carbocycles. The smallest absolute Gasteiger partial charge is 0.195 e. The molecule has 1 aliphatic carbocycles. The Labute approximate surface area is 121 Å². The molecule has 0 bridgehead atoms. The Kier molecular flexibility index (Phi) is 4.10. The lowest BCUT2D eigenvalue weighted by Crippen LogP contribution is -2.05. The van der Waals surface area contributed by atoms with Crippen LogP contribution in [0, 0.1) is 10.7 Å². The number of hydrogen-bond donors (Lipinski definition) is 1. The van der Waals surface area contributed by atoms with Gasteiger partial charge in [0.1, 0.15) is 0 Å². The maximum absolute atomic E-state index is 5.65. The number of rotatable bonds is 7. The molecular formula is C13H17N3OS2. The molecule has 0 atom stereocenters. The Balaban J connectivity index is 1.57. The van der Waals surface area contributed by atoms with Gasteiger partial charge in [-0.15, -0.1) is 11.3 Å². The van der Waals surface area contributed by atoms with Gasteiger partial charge in [0.05, 0.1) is 4.88 Å². The van der Waals surface area contributed by atoms with E-state index in [2.05, 4.69) is 26.2 Å². The highest BCUT2D eigenvalue weighted by atomic mass is 32.1. The summed E-state index contributed by atoms with van der Waals surface area (Å²) in [4.78, 5) is 1.14. The summed E-state index contributed by atoms with van der Waals surface area (Å²) in [5, 5.41) is 9.24. The van der Waals surface area contributed by atoms with Gasteiger partial charge < -0.3 is 4.74 Å². The first kappa shape index (κ1) is 13.0. The SMILES string of the molecule is S=c1[nH]nc(-c2cccs2)n1CCCOCC1CC1. The maximum Gasteiger partial charge on any atom is 0.195 e. The summed E-state index contributed by atoms with van der Waals surface area (Å²) < 4.78 is 8.39. The van der Waals surface area contributed by atoms with Crippen molar-refractivity contribution in [1.82, 2.24) is 14.8 Å². The van der Waals surface area contributed by atoms with Crippen LogP contribution in [0.1, 0.15) is 19.3 Å². The minimum Gasteiger partial charge on any atom is -0.381 e. The Morgan fingerprint density at radius 3 is 3.16 bits per heavy atom. The van der Waals surface area contributed by atoms with Crippen molar-refractivity contribution in [1.29, 1.82) is 0 Å². The Morgan fingerprint density at radius 2 is 2.42 bits per heavy atom. The fourth-order valence-electron chi connectivity index (χ4n) is 1.98. The van der Waals surface area contributed by atoms with Crippen LogP contribution in [0.15, 0.2) is 17.5 Å². The number of H-pyrrole nitrogens is 1. The van der Waals surface area contributed by atoms with Gasteiger partial charge in [-0.25, -0.2) is 0 Å². The lowest BCUT2D eigenvalue weighted by molar-refractivity contribution is 0.119. The van der Waals surface area contributed by atoms with Crippen molar-refractivity contribution < 1.29 is 4.74 Å². The highest BCUT2D eigenvalue weighted by Gasteiger charge is 2.20. The largest absolute Gasteiger partial charge is 0.381 e. The number of nitrogens with one attached hydrogen (secondary N) is 1. The average molecular weight is 295 g/mol. The fourth-order valence-corrected chi connectivity index (χ4v) is 2.92. The van der Waals surface area contributed by atoms with Crippen molar-refractivity contribution >= 4 is 23.6 Å². The van der Waals surface area contributed by atoms with E-state index < -0.39 is 0 Å². The van der Waals surface area contributed by atoms with Gasteiger partial charge in [-0.3, -0.25) is 9.67 Å². The summed E-state index contributed by atoms with van der Waals surface area (Å²) in [6.07, 6.45) is 3.66. The second-order valence-corrected chi connectivity index (χ2v) is 6.19. The summed E-state index contributed by atoms with van der Waals surface area (Å²) in [6.45, 7) is 2.58. The number of aromatic nitrogens is 3. The summed E-state index contributed by atoms with van der Waals surface area (Å²) in [6, 6.07) is 4.09. The predicted octanol–water partition coefficient (Wildman–Crippen LogP) is 3.49. The molecule has 0 amide bonds. The van der Waals surface area contributed by atoms with Crippen LogP contribution in [-0.2, 0) is 11.3 Å². The van der Waals surface area contributed by atoms with Crippen molar-refractivity contribution in [3.05, 3.63) is 22.3 Å². The first-order valence-corrected chi connectivity index (χ1v) is 7.90. The van der Waals surface area contributed by atoms with Crippen LogP contribution in [0.25, 0.3) is 10.7 Å². The Morgan fingerprint density at radius 1 is 1.53 bits per heavy atom. The van der Waals surface area contributed by atoms with Crippen molar-refractivity contribution in [2.75, 3.05) is 13.2 Å². The zero-order valence-electron chi connectivity index (χ0n) is 10.7. The molecule has 0 spiro atoms. The quantitative estimate of drug-likeness (QED) is 0.628. The predicted molar refractivity (Wildman–Crippen MR) is 78.9 cm³/mol. The van der Waals surface area contributed by atoms with E-state index in [1.807, 2.05) is 6.07 Å². The van der Waals surface area contributed by atoms with Gasteiger partial charge in [0.2, 0.25) is 0 Å². The van der Waals surface area contributed by atoms with Crippen molar-refractivity contribution in [3.63, 3.8) is 0 Å². The second-order valence-electron chi connectivity index (χ2n) is 4.85. The van der Waals surface area contributed by atoms with Crippen molar-refractivity contribution in [3.8, 4) is 10.7 Å². The first-order chi connectivity index (χ1) is 9.34. The van der Waals surface area contributed by atoms with Crippen LogP contribution in [0.5, 0.6) is 0 Å². The fraction of sp³-hybridized carbons (Fsp3) is 0.538. The van der Waals surface area contributed by atoms with E-state index in [4.69, 9.17) is 17.0 Å². The van der Waals surface area contributed by atoms with E-state index in [0.717, 1.165) is 42.8 Å². The van der Waals surface area contributed by atoms with E-state index >= 15 is 0 Å². The third-order valence-corrected chi connectivity index (χ3v) is 4.40. The lowest BCUT2D eigenvalue weighted by atomic mass is 10.4. The molecule has 2 aromatic heterocycles. The van der Waals surface area contributed by atoms with Gasteiger partial charge in [-0.2, -0.15) is 5.10 Å². The summed E-state index contributed by atoms with van der Waals surface area (Å²) >= 11 is 6.96. The number of nitrogens with zero attached hydrogens (tertiary/aromatic N) is 2. The van der Waals surface area contributed by atoms with Crippen LogP contribution >= 0.6 is 23.6 Å². The average Bonchev–Trinajstić information content (AvgIpc) is 2.93. The molecule has 0 saturated heterocycles. The number of hydrogen-bond acceptors (Lipinski definition) is 4. The molecule has 2 aromatic rings. The zero-order chi connectivity index (χ0) is 13.1. The van der Waals surface area contributed by atoms with Gasteiger partial charge in [-0.1, -0.05) is 6.07 Å². The van der Waals surface area contributed by atoms with Crippen molar-refractivity contribution in [2.45, 2.75) is 25.8 Å². The molecule has 1 N–H and O–H groups in total. The van der Waals surface area contributed by atoms with E-state index in [0.29, 0.717) is 4.77 Å². The van der Waals surface area contributed by atoms with Crippen LogP contribution < -0.4 is 0 Å². The minimum atomic E-state index is 0.686. The number of thiophene rings is 1. The molecule has 4 nitrogen and oxygen atoms in total. The van der Waals surface area contributed by atoms with Crippen LogP contribution in [0.2, 0.25) is 0 Å². The minimum absolute atomic E-state index is 0.686. The summed E-state index contributed by atoms with van der Waals surface area (Å²) in [5.74, 6) is 1.76. The topological polar surface area (TPSA) is 42.8 Å². The molecule has 0 radical (unpaired) electrons. The molecule has 0 unspecified atom stereocenters. The normalized spacial score (nSPS) is 14.9. The molecule has 19 heavy (non-hydrogen) atoms. The van der Waals surface area contributed by atoms with Gasteiger partial charge in [0, 0.05) is 19.8 Å². The molecule has 1 fully saturated rings. The lowest BCUT2D eigenvalue weighted by Gasteiger charge is -2.06. The third kappa shape index (κ3) is 3.32. The second kappa shape index (κ2) is 5.98. The third-order valence-electron chi connectivity index (χ3n) is 3.22. The monoisotopic (exact) mass is 295 g/mol. The molecule has 6 heteroatoms. The van der Waals surface area contributed by atoms with E-state index in [1.54, 1.807) is 11.3 Å². The molecule has 102 valence electrons. The van der Waals surface area contributed by atoms with Gasteiger partial charge in [0.25, 0.3) is 0 Å². The molecule has 2 heterocycles. The van der Waals surface area contributed by atoms with Gasteiger partial charge >= 0.3 is 0 Å². The van der Waals surface area contributed by atoms with E-state index in [-0.39, 0.29) is 0 Å². The Bertz CT molecular complexity index is 569. The first-order valence-electron chi connectivity index (χ1n) is 6.61.